The average molecular weight is 62.1 g/mol. The van der Waals surface area contributed by atoms with Gasteiger partial charge in [-0.05, 0) is 0 Å². The molecule has 4 N–H and O–H groups in total. The molecule has 0 fully saturated rings. The third kappa shape index (κ3) is 50.7. The number of hydrogen-bond donors (Lipinski definition) is 2. The van der Waals surface area contributed by atoms with Crippen LogP contribution < -0.4 is 11.7 Å². The SMILES string of the molecule is NN(N)[O-]. The highest BCUT2D eigenvalue weighted by molar-refractivity contribution is 4.16. The molecule has 0 aliphatic carbocycles. The summed E-state index contributed by atoms with van der Waals surface area (Å²) < 4.78 is 0. The van der Waals surface area contributed by atoms with Gasteiger partial charge in [0.1, 0.15) is 0 Å². The van der Waals surface area contributed by atoms with Crippen molar-refractivity contribution in [2.75, 3.05) is 0 Å². The van der Waals surface area contributed by atoms with E-state index < -0.39 is 0 Å². The van der Waals surface area contributed by atoms with Gasteiger partial charge in [-0.25, -0.2) is 0 Å². The van der Waals surface area contributed by atoms with E-state index in [1.54, 1.807) is 0 Å². The smallest absolute Gasteiger partial charge is 0.260 e. The molecule has 0 spiro atoms. The number of rotatable bonds is 0. The van der Waals surface area contributed by atoms with Gasteiger partial charge in [0.2, 0.25) is 0 Å². The zero-order valence-corrected chi connectivity index (χ0v) is 2.01. The third-order valence-electron chi connectivity index (χ3n) is 0. The molecule has 0 unspecified atom stereocenters. The second-order valence-electron chi connectivity index (χ2n) is 0.360. The van der Waals surface area contributed by atoms with Crippen LogP contribution in [0, 0.1) is 5.21 Å². The lowest BCUT2D eigenvalue weighted by atomic mass is 12.4. The maximum absolute atomic E-state index is 8.92. The lowest BCUT2D eigenvalue weighted by molar-refractivity contribution is 0.417. The quantitative estimate of drug-likeness (QED) is 0.265. The molecule has 0 aliphatic heterocycles. The van der Waals surface area contributed by atoms with Crippen LogP contribution in [0.5, 0.6) is 0 Å². The van der Waals surface area contributed by atoms with Crippen LogP contribution >= 0.6 is 0 Å². The molecule has 4 nitrogen and oxygen atoms in total. The monoisotopic (exact) mass is 62.0 g/mol. The van der Waals surface area contributed by atoms with E-state index in [9.17, 15) is 0 Å². The van der Waals surface area contributed by atoms with Crippen molar-refractivity contribution in [2.24, 2.45) is 11.7 Å². The first-order valence-corrected chi connectivity index (χ1v) is 0.699. The van der Waals surface area contributed by atoms with E-state index in [1.165, 1.54) is 0 Å². The van der Waals surface area contributed by atoms with Gasteiger partial charge >= 0.3 is 0 Å². The molecule has 4 heteroatoms. The Morgan fingerprint density at radius 3 is 1.50 bits per heavy atom. The molecule has 0 bridgehead atoms. The first-order valence-electron chi connectivity index (χ1n) is 0.699. The Labute approximate surface area is 23.5 Å². The van der Waals surface area contributed by atoms with Crippen molar-refractivity contribution in [3.63, 3.8) is 0 Å². The zero-order valence-electron chi connectivity index (χ0n) is 2.01. The first-order chi connectivity index (χ1) is 1.73. The fraction of sp³-hybridized carbons (Fsp3) is 0. The van der Waals surface area contributed by atoms with Crippen LogP contribution in [0.4, 0.5) is 0 Å². The van der Waals surface area contributed by atoms with Crippen molar-refractivity contribution >= 4 is 0 Å². The van der Waals surface area contributed by atoms with Crippen molar-refractivity contribution in [3.8, 4) is 0 Å². The number of nitrogens with two attached hydrogens (primary N) is 2. The fourth-order valence-corrected chi connectivity index (χ4v) is 0. The standard InChI is InChI=1S/H4N3O/c1-3(2)4/h1-2H2/q-1. The van der Waals surface area contributed by atoms with Crippen molar-refractivity contribution in [1.29, 1.82) is 0 Å². The second-order valence-corrected chi connectivity index (χ2v) is 0.360. The van der Waals surface area contributed by atoms with E-state index in [2.05, 4.69) is 11.7 Å². The minimum absolute atomic E-state index is 0.250. The van der Waals surface area contributed by atoms with E-state index in [1.807, 2.05) is 0 Å². The number of nitrogens with zero attached hydrogens (tertiary/aromatic N) is 1. The molecular weight excluding hydrogens is 58.0 g/mol. The van der Waals surface area contributed by atoms with Gasteiger partial charge in [0, 0.05) is 0 Å². The molecule has 0 saturated heterocycles. The summed E-state index contributed by atoms with van der Waals surface area (Å²) in [5, 5.41) is 8.67. The van der Waals surface area contributed by atoms with Crippen molar-refractivity contribution in [3.05, 3.63) is 5.21 Å². The summed E-state index contributed by atoms with van der Waals surface area (Å²) in [5.41, 5.74) is 0. The Hall–Kier alpha value is -0.160. The van der Waals surface area contributed by atoms with Gasteiger partial charge in [0.25, 0.3) is 0 Å². The van der Waals surface area contributed by atoms with Gasteiger partial charge in [-0.2, -0.15) is 0 Å². The van der Waals surface area contributed by atoms with Crippen LogP contribution in [-0.2, 0) is 0 Å². The van der Waals surface area contributed by atoms with Crippen LogP contribution in [-0.4, -0.2) is 5.28 Å². The highest BCUT2D eigenvalue weighted by Gasteiger charge is 1.40. The van der Waals surface area contributed by atoms with Crippen LogP contribution in [0.15, 0.2) is 0 Å². The van der Waals surface area contributed by atoms with Crippen LogP contribution in [0.25, 0.3) is 0 Å². The zero-order chi connectivity index (χ0) is 3.58. The number of hydrogen-bond acceptors (Lipinski definition) is 4. The van der Waals surface area contributed by atoms with E-state index in [-0.39, 0.29) is 5.28 Å². The van der Waals surface area contributed by atoms with Gasteiger partial charge < -0.3 is 5.21 Å². The van der Waals surface area contributed by atoms with E-state index in [0.717, 1.165) is 0 Å². The Kier molecular flexibility index (Phi) is 1.14. The molecule has 26 valence electrons. The highest BCUT2D eigenvalue weighted by atomic mass is 16.6. The Bertz CT molecular complexity index is 8.00. The maximum atomic E-state index is 8.92. The van der Waals surface area contributed by atoms with Crippen LogP contribution in [0.2, 0.25) is 0 Å². The van der Waals surface area contributed by atoms with Gasteiger partial charge in [-0.15, -0.1) is 0 Å². The van der Waals surface area contributed by atoms with E-state index >= 15 is 0 Å². The van der Waals surface area contributed by atoms with Crippen molar-refractivity contribution in [1.82, 2.24) is 5.28 Å². The summed E-state index contributed by atoms with van der Waals surface area (Å²) in [4.78, 5) is 0. The molecule has 4 heavy (non-hydrogen) atoms. The lowest BCUT2D eigenvalue weighted by Gasteiger charge is -2.10. The largest absolute Gasteiger partial charge is 0.758 e. The molecule has 0 atom stereocenters. The van der Waals surface area contributed by atoms with Gasteiger partial charge in [0.15, 0.2) is 0 Å². The number of hydrazine groups is 2. The average Bonchev–Trinajstić information content (AvgIpc) is 0.811. The topological polar surface area (TPSA) is 78.3 Å². The van der Waals surface area contributed by atoms with E-state index in [0.29, 0.717) is 0 Å². The molecule has 0 heterocycles. The van der Waals surface area contributed by atoms with Gasteiger partial charge in [-0.1, -0.05) is 0 Å². The highest BCUT2D eigenvalue weighted by Crippen LogP contribution is 1.32. The molecule has 0 radical (unpaired) electrons. The molecule has 0 saturated carbocycles. The van der Waals surface area contributed by atoms with Gasteiger partial charge in [-0.3, -0.25) is 17.0 Å². The fourth-order valence-electron chi connectivity index (χ4n) is 0. The molecule has 0 amide bonds. The van der Waals surface area contributed by atoms with E-state index in [4.69, 9.17) is 5.21 Å². The second kappa shape index (κ2) is 1.19. The predicted octanol–water partition coefficient (Wildman–Crippen LogP) is -1.47. The summed E-state index contributed by atoms with van der Waals surface area (Å²) in [7, 11) is 0. The minimum Gasteiger partial charge on any atom is -0.758 e. The molecule has 0 aromatic heterocycles. The molecular formula is H4N3O-. The van der Waals surface area contributed by atoms with Crippen LogP contribution in [0.1, 0.15) is 0 Å². The Balaban J connectivity index is 2.32. The summed E-state index contributed by atoms with van der Waals surface area (Å²) >= 11 is 0. The summed E-state index contributed by atoms with van der Waals surface area (Å²) in [6, 6.07) is 0. The summed E-state index contributed by atoms with van der Waals surface area (Å²) in [6.45, 7) is 0. The van der Waals surface area contributed by atoms with Crippen molar-refractivity contribution in [2.45, 2.75) is 0 Å². The molecule has 0 rings (SSSR count). The third-order valence-corrected chi connectivity index (χ3v) is 0. The van der Waals surface area contributed by atoms with Gasteiger partial charge in [0.05, 0.1) is 0 Å². The first kappa shape index (κ1) is 3.84. The van der Waals surface area contributed by atoms with Crippen LogP contribution in [0.3, 0.4) is 0 Å². The molecule has 0 aromatic carbocycles. The summed E-state index contributed by atoms with van der Waals surface area (Å²) in [5.74, 6) is 8.33. The molecule has 0 aromatic rings. The Morgan fingerprint density at radius 2 is 1.50 bits per heavy atom. The Morgan fingerprint density at radius 1 is 1.50 bits per heavy atom. The maximum Gasteiger partial charge on any atom is -0.260 e. The summed E-state index contributed by atoms with van der Waals surface area (Å²) in [6.07, 6.45) is 0. The normalized spacial score (nSPS) is 9.00. The predicted molar refractivity (Wildman–Crippen MR) is 13.6 cm³/mol. The minimum atomic E-state index is -0.250. The lowest BCUT2D eigenvalue weighted by Crippen LogP contribution is -2.30. The van der Waals surface area contributed by atoms with Crippen molar-refractivity contribution < 1.29 is 0 Å². The molecule has 0 aliphatic rings.